The van der Waals surface area contributed by atoms with E-state index in [1.165, 1.54) is 31.2 Å². The van der Waals surface area contributed by atoms with Crippen molar-refractivity contribution >= 4 is 11.0 Å². The summed E-state index contributed by atoms with van der Waals surface area (Å²) >= 11 is 0. The second-order valence-electron chi connectivity index (χ2n) is 8.62. The maximum Gasteiger partial charge on any atom is 0.0976 e. The van der Waals surface area contributed by atoms with Crippen LogP contribution in [0.4, 0.5) is 0 Å². The molecule has 0 amide bonds. The van der Waals surface area contributed by atoms with Crippen molar-refractivity contribution in [2.24, 2.45) is 11.3 Å². The van der Waals surface area contributed by atoms with Gasteiger partial charge in [-0.15, -0.1) is 6.58 Å². The molecule has 1 rings (SSSR count). The summed E-state index contributed by atoms with van der Waals surface area (Å²) in [5.74, 6) is 0.399. The van der Waals surface area contributed by atoms with E-state index in [0.29, 0.717) is 5.92 Å². The number of hydrogen-bond donors (Lipinski definition) is 1. The van der Waals surface area contributed by atoms with Gasteiger partial charge in [0, 0.05) is 5.41 Å². The summed E-state index contributed by atoms with van der Waals surface area (Å²) in [5, 5.41) is 0. The molecule has 2 nitrogen and oxygen atoms in total. The van der Waals surface area contributed by atoms with Gasteiger partial charge < -0.3 is 0 Å². The number of benzene rings is 1. The molecule has 0 fully saturated rings. The maximum atomic E-state index is 13.0. The lowest BCUT2D eigenvalue weighted by Gasteiger charge is -2.43. The van der Waals surface area contributed by atoms with Gasteiger partial charge >= 0.3 is 0 Å². The molecule has 0 aliphatic carbocycles. The first kappa shape index (κ1) is 23.1. The van der Waals surface area contributed by atoms with Crippen LogP contribution >= 0.6 is 0 Å². The highest BCUT2D eigenvalue weighted by Gasteiger charge is 2.41. The second kappa shape index (κ2) is 10.4. The van der Waals surface area contributed by atoms with Gasteiger partial charge in [0.25, 0.3) is 0 Å². The van der Waals surface area contributed by atoms with Gasteiger partial charge in [-0.05, 0) is 38.7 Å². The second-order valence-corrected chi connectivity index (χ2v) is 10.6. The molecule has 0 aliphatic heterocycles. The highest BCUT2D eigenvalue weighted by molar-refractivity contribution is 7.84. The Bertz CT molecular complexity index is 561. The third kappa shape index (κ3) is 6.06. The van der Waals surface area contributed by atoms with E-state index in [-0.39, 0.29) is 16.2 Å². The quantitative estimate of drug-likeness (QED) is 0.342. The number of hydrogen-bond acceptors (Lipinski definition) is 1. The van der Waals surface area contributed by atoms with Crippen LogP contribution in [0.15, 0.2) is 43.0 Å². The Kier molecular flexibility index (Phi) is 9.26. The van der Waals surface area contributed by atoms with Crippen LogP contribution in [0.5, 0.6) is 0 Å². The lowest BCUT2D eigenvalue weighted by molar-refractivity contribution is 0.176. The summed E-state index contributed by atoms with van der Waals surface area (Å²) in [6.07, 6.45) is 8.09. The van der Waals surface area contributed by atoms with Gasteiger partial charge in [-0.3, -0.25) is 0 Å². The zero-order valence-corrected chi connectivity index (χ0v) is 18.5. The van der Waals surface area contributed by atoms with Crippen molar-refractivity contribution in [2.75, 3.05) is 0 Å². The average molecular weight is 378 g/mol. The molecule has 0 saturated heterocycles. The Balaban J connectivity index is 3.27. The highest BCUT2D eigenvalue weighted by Crippen LogP contribution is 2.46. The highest BCUT2D eigenvalue weighted by atomic mass is 32.2. The first-order valence-corrected chi connectivity index (χ1v) is 11.2. The van der Waals surface area contributed by atoms with Crippen LogP contribution in [0.2, 0.25) is 0 Å². The van der Waals surface area contributed by atoms with Crippen LogP contribution in [0.3, 0.4) is 0 Å². The van der Waals surface area contributed by atoms with Gasteiger partial charge in [0.1, 0.15) is 0 Å². The van der Waals surface area contributed by atoms with Gasteiger partial charge in [-0.2, -0.15) is 0 Å². The van der Waals surface area contributed by atoms with Crippen LogP contribution in [-0.2, 0) is 11.0 Å². The van der Waals surface area contributed by atoms with Crippen molar-refractivity contribution in [3.8, 4) is 0 Å². The van der Waals surface area contributed by atoms with E-state index in [9.17, 15) is 4.21 Å². The Labute approximate surface area is 164 Å². The smallest absolute Gasteiger partial charge is 0.0976 e. The summed E-state index contributed by atoms with van der Waals surface area (Å²) in [6, 6.07) is 10.4. The maximum absolute atomic E-state index is 13.0. The van der Waals surface area contributed by atoms with E-state index in [4.69, 9.17) is 0 Å². The lowest BCUT2D eigenvalue weighted by atomic mass is 9.66. The molecule has 26 heavy (non-hydrogen) atoms. The monoisotopic (exact) mass is 377 g/mol. The van der Waals surface area contributed by atoms with Gasteiger partial charge in [-0.1, -0.05) is 82.9 Å². The first-order chi connectivity index (χ1) is 12.2. The topological polar surface area (TPSA) is 29.1 Å². The molecule has 0 saturated carbocycles. The normalized spacial score (nSPS) is 16.9. The average Bonchev–Trinajstić information content (AvgIpc) is 2.60. The lowest BCUT2D eigenvalue weighted by Crippen LogP contribution is -2.45. The molecule has 148 valence electrons. The fourth-order valence-electron chi connectivity index (χ4n) is 3.50. The molecular formula is C23H39NOS. The summed E-state index contributed by atoms with van der Waals surface area (Å²) in [4.78, 5) is 0. The molecule has 0 heterocycles. The molecule has 3 atom stereocenters. The molecule has 1 aromatic rings. The predicted molar refractivity (Wildman–Crippen MR) is 116 cm³/mol. The molecule has 0 aromatic heterocycles. The Morgan fingerprint density at radius 3 is 2.19 bits per heavy atom. The zero-order chi connectivity index (χ0) is 19.8. The van der Waals surface area contributed by atoms with Crippen molar-refractivity contribution in [3.05, 3.63) is 48.6 Å². The standard InChI is InChI=1S/C23H39NOS/c1-8-10-11-15-18-23(9-2,19(3)4)21(20-16-13-12-14-17-20)24-26(25)22(5,6)7/h9,12-14,16-17,19,21,24H,2,8,10-11,15,18H2,1,3-7H3/t21-,23+,26+/m0/s1. The zero-order valence-electron chi connectivity index (χ0n) is 17.7. The van der Waals surface area contributed by atoms with E-state index in [1.54, 1.807) is 0 Å². The minimum Gasteiger partial charge on any atom is -0.242 e. The van der Waals surface area contributed by atoms with Gasteiger partial charge in [0.2, 0.25) is 0 Å². The Morgan fingerprint density at radius 1 is 1.12 bits per heavy atom. The fourth-order valence-corrected chi connectivity index (χ4v) is 4.42. The van der Waals surface area contributed by atoms with Crippen molar-refractivity contribution in [1.82, 2.24) is 4.72 Å². The van der Waals surface area contributed by atoms with Crippen LogP contribution in [-0.4, -0.2) is 8.96 Å². The first-order valence-electron chi connectivity index (χ1n) is 10.1. The molecule has 1 aromatic carbocycles. The molecule has 0 spiro atoms. The summed E-state index contributed by atoms with van der Waals surface area (Å²) in [5.41, 5.74) is 1.06. The van der Waals surface area contributed by atoms with Crippen LogP contribution in [0.25, 0.3) is 0 Å². The Morgan fingerprint density at radius 2 is 1.73 bits per heavy atom. The molecule has 0 radical (unpaired) electrons. The van der Waals surface area contributed by atoms with Gasteiger partial charge in [0.05, 0.1) is 21.8 Å². The molecule has 0 unspecified atom stereocenters. The van der Waals surface area contributed by atoms with E-state index in [0.717, 1.165) is 6.42 Å². The van der Waals surface area contributed by atoms with Crippen molar-refractivity contribution in [3.63, 3.8) is 0 Å². The fraction of sp³-hybridized carbons (Fsp3) is 0.652. The van der Waals surface area contributed by atoms with Crippen LogP contribution in [0.1, 0.15) is 85.3 Å². The van der Waals surface area contributed by atoms with E-state index in [2.05, 4.69) is 62.4 Å². The summed E-state index contributed by atoms with van der Waals surface area (Å²) in [7, 11) is -1.14. The van der Waals surface area contributed by atoms with Gasteiger partial charge in [0.15, 0.2) is 0 Å². The van der Waals surface area contributed by atoms with Crippen molar-refractivity contribution < 1.29 is 4.21 Å². The molecular weight excluding hydrogens is 338 g/mol. The molecule has 0 aliphatic rings. The number of rotatable bonds is 11. The molecule has 3 heteroatoms. The largest absolute Gasteiger partial charge is 0.242 e. The third-order valence-electron chi connectivity index (χ3n) is 5.37. The Hall–Kier alpha value is -0.930. The summed E-state index contributed by atoms with van der Waals surface area (Å²) in [6.45, 7) is 17.1. The number of nitrogens with one attached hydrogen (secondary N) is 1. The number of unbranched alkanes of at least 4 members (excludes halogenated alkanes) is 3. The van der Waals surface area contributed by atoms with Crippen LogP contribution < -0.4 is 4.72 Å². The molecule has 1 N–H and O–H groups in total. The van der Waals surface area contributed by atoms with Crippen molar-refractivity contribution in [2.45, 2.75) is 84.4 Å². The minimum absolute atomic E-state index is 0.0112. The van der Waals surface area contributed by atoms with E-state index >= 15 is 0 Å². The third-order valence-corrected chi connectivity index (χ3v) is 6.93. The SMILES string of the molecule is C=C[C@@](CCCCCC)(C(C)C)[C@@H](N[S@](=O)C(C)(C)C)c1ccccc1. The van der Waals surface area contributed by atoms with E-state index < -0.39 is 11.0 Å². The van der Waals surface area contributed by atoms with Crippen LogP contribution in [0, 0.1) is 11.3 Å². The van der Waals surface area contributed by atoms with Gasteiger partial charge in [-0.25, -0.2) is 8.93 Å². The predicted octanol–water partition coefficient (Wildman–Crippen LogP) is 6.58. The minimum atomic E-state index is -1.14. The molecule has 0 bridgehead atoms. The summed E-state index contributed by atoms with van der Waals surface area (Å²) < 4.78 is 16.2. The van der Waals surface area contributed by atoms with Crippen molar-refractivity contribution in [1.29, 1.82) is 0 Å². The van der Waals surface area contributed by atoms with E-state index in [1.807, 2.05) is 26.8 Å².